The Labute approximate surface area is 165 Å². The quantitative estimate of drug-likeness (QED) is 0.594. The largest absolute Gasteiger partial charge is 0.496 e. The Hall–Kier alpha value is -3.12. The van der Waals surface area contributed by atoms with Crippen molar-refractivity contribution in [1.29, 1.82) is 0 Å². The van der Waals surface area contributed by atoms with Crippen LogP contribution in [0.2, 0.25) is 5.02 Å². The molecule has 0 aromatic heterocycles. The van der Waals surface area contributed by atoms with E-state index >= 15 is 0 Å². The van der Waals surface area contributed by atoms with Crippen LogP contribution in [0.5, 0.6) is 11.5 Å². The van der Waals surface area contributed by atoms with Gasteiger partial charge < -0.3 is 14.8 Å². The van der Waals surface area contributed by atoms with Crippen molar-refractivity contribution in [2.24, 2.45) is 0 Å². The van der Waals surface area contributed by atoms with Gasteiger partial charge in [-0.1, -0.05) is 23.7 Å². The van der Waals surface area contributed by atoms with Gasteiger partial charge in [0.2, 0.25) is 0 Å². The minimum Gasteiger partial charge on any atom is -0.496 e. The van der Waals surface area contributed by atoms with Crippen LogP contribution in [0.15, 0.2) is 60.7 Å². The van der Waals surface area contributed by atoms with Crippen molar-refractivity contribution in [2.45, 2.75) is 6.61 Å². The van der Waals surface area contributed by atoms with E-state index < -0.39 is 23.2 Å². The number of hydrogen-bond donors (Lipinski definition) is 1. The first kappa shape index (κ1) is 19.6. The fourth-order valence-corrected chi connectivity index (χ4v) is 2.73. The lowest BCUT2D eigenvalue weighted by Crippen LogP contribution is -2.15. The second kappa shape index (κ2) is 8.71. The van der Waals surface area contributed by atoms with Crippen LogP contribution in [0.25, 0.3) is 0 Å². The number of carbonyl (C=O) groups excluding carboxylic acids is 1. The number of methoxy groups -OCH3 is 1. The maximum Gasteiger partial charge on any atom is 0.255 e. The lowest BCUT2D eigenvalue weighted by atomic mass is 10.1. The molecule has 4 nitrogen and oxygen atoms in total. The third-order valence-corrected chi connectivity index (χ3v) is 4.17. The third-order valence-electron chi connectivity index (χ3n) is 3.93. The van der Waals surface area contributed by atoms with Gasteiger partial charge in [-0.3, -0.25) is 4.79 Å². The Kier molecular flexibility index (Phi) is 6.11. The number of para-hydroxylation sites is 1. The molecule has 0 bridgehead atoms. The molecule has 0 spiro atoms. The number of ether oxygens (including phenoxy) is 2. The summed E-state index contributed by atoms with van der Waals surface area (Å²) in [4.78, 5) is 12.4. The van der Waals surface area contributed by atoms with Crippen molar-refractivity contribution in [3.8, 4) is 11.5 Å². The van der Waals surface area contributed by atoms with E-state index in [2.05, 4.69) is 5.32 Å². The zero-order valence-electron chi connectivity index (χ0n) is 14.8. The predicted molar refractivity (Wildman–Crippen MR) is 103 cm³/mol. The fourth-order valence-electron chi connectivity index (χ4n) is 2.55. The van der Waals surface area contributed by atoms with Gasteiger partial charge in [-0.15, -0.1) is 0 Å². The van der Waals surface area contributed by atoms with Crippen molar-refractivity contribution in [3.05, 3.63) is 88.4 Å². The van der Waals surface area contributed by atoms with Crippen LogP contribution < -0.4 is 14.8 Å². The molecular weight excluding hydrogens is 388 g/mol. The van der Waals surface area contributed by atoms with E-state index in [1.807, 2.05) is 0 Å². The molecule has 0 fully saturated rings. The van der Waals surface area contributed by atoms with Gasteiger partial charge in [-0.05, 0) is 48.5 Å². The van der Waals surface area contributed by atoms with E-state index in [-0.39, 0.29) is 12.2 Å². The van der Waals surface area contributed by atoms with Gasteiger partial charge in [0.1, 0.15) is 35.4 Å². The molecule has 0 aliphatic rings. The molecular formula is C21H16ClF2NO3. The van der Waals surface area contributed by atoms with E-state index in [9.17, 15) is 13.6 Å². The lowest BCUT2D eigenvalue weighted by Gasteiger charge is -2.13. The zero-order valence-corrected chi connectivity index (χ0v) is 15.6. The molecule has 28 heavy (non-hydrogen) atoms. The van der Waals surface area contributed by atoms with Crippen LogP contribution in [0.3, 0.4) is 0 Å². The van der Waals surface area contributed by atoms with Gasteiger partial charge >= 0.3 is 0 Å². The Morgan fingerprint density at radius 2 is 1.75 bits per heavy atom. The van der Waals surface area contributed by atoms with E-state index in [1.54, 1.807) is 30.3 Å². The first-order valence-electron chi connectivity index (χ1n) is 8.28. The summed E-state index contributed by atoms with van der Waals surface area (Å²) in [7, 11) is 1.49. The number of rotatable bonds is 6. The molecule has 0 unspecified atom stereocenters. The van der Waals surface area contributed by atoms with Crippen molar-refractivity contribution in [3.63, 3.8) is 0 Å². The standard InChI is InChI=1S/C21H16ClF2NO3/c1-27-19-9-8-13(21(26)25-20-17(23)6-3-7-18(20)24)10-14(19)12-28-16-5-2-4-15(22)11-16/h2-11H,12H2,1H3,(H,25,26). The van der Waals surface area contributed by atoms with Gasteiger partial charge in [-0.2, -0.15) is 0 Å². The molecule has 0 atom stereocenters. The first-order chi connectivity index (χ1) is 13.5. The van der Waals surface area contributed by atoms with Crippen molar-refractivity contribution in [1.82, 2.24) is 0 Å². The zero-order chi connectivity index (χ0) is 20.1. The summed E-state index contributed by atoms with van der Waals surface area (Å²) in [5.74, 6) is -1.30. The van der Waals surface area contributed by atoms with Crippen LogP contribution in [-0.2, 0) is 6.61 Å². The molecule has 3 rings (SSSR count). The van der Waals surface area contributed by atoms with Gasteiger partial charge in [0.25, 0.3) is 5.91 Å². The van der Waals surface area contributed by atoms with Crippen LogP contribution >= 0.6 is 11.6 Å². The Morgan fingerprint density at radius 1 is 1.04 bits per heavy atom. The highest BCUT2D eigenvalue weighted by Crippen LogP contribution is 2.25. The van der Waals surface area contributed by atoms with Gasteiger partial charge in [0, 0.05) is 16.1 Å². The highest BCUT2D eigenvalue weighted by molar-refractivity contribution is 6.30. The smallest absolute Gasteiger partial charge is 0.255 e. The summed E-state index contributed by atoms with van der Waals surface area (Å²) in [5.41, 5.74) is 0.289. The molecule has 7 heteroatoms. The molecule has 0 aliphatic carbocycles. The minimum atomic E-state index is -0.855. The SMILES string of the molecule is COc1ccc(C(=O)Nc2c(F)cccc2F)cc1COc1cccc(Cl)c1. The van der Waals surface area contributed by atoms with Crippen LogP contribution in [-0.4, -0.2) is 13.0 Å². The highest BCUT2D eigenvalue weighted by atomic mass is 35.5. The number of amides is 1. The number of hydrogen-bond acceptors (Lipinski definition) is 3. The molecule has 1 amide bonds. The monoisotopic (exact) mass is 403 g/mol. The molecule has 144 valence electrons. The Balaban J connectivity index is 1.80. The third kappa shape index (κ3) is 4.58. The lowest BCUT2D eigenvalue weighted by molar-refractivity contribution is 0.102. The molecule has 3 aromatic rings. The summed E-state index contributed by atoms with van der Waals surface area (Å²) >= 11 is 5.94. The van der Waals surface area contributed by atoms with E-state index in [0.717, 1.165) is 12.1 Å². The van der Waals surface area contributed by atoms with Crippen molar-refractivity contribution < 1.29 is 23.0 Å². The number of nitrogens with one attached hydrogen (secondary N) is 1. The van der Waals surface area contributed by atoms with Crippen LogP contribution in [0.4, 0.5) is 14.5 Å². The molecule has 0 heterocycles. The Morgan fingerprint density at radius 3 is 2.43 bits per heavy atom. The van der Waals surface area contributed by atoms with Crippen molar-refractivity contribution >= 4 is 23.2 Å². The van der Waals surface area contributed by atoms with E-state index in [0.29, 0.717) is 22.1 Å². The topological polar surface area (TPSA) is 47.6 Å². The van der Waals surface area contributed by atoms with Gasteiger partial charge in [-0.25, -0.2) is 8.78 Å². The van der Waals surface area contributed by atoms with Crippen molar-refractivity contribution in [2.75, 3.05) is 12.4 Å². The average Bonchev–Trinajstić information content (AvgIpc) is 2.69. The number of carbonyl (C=O) groups is 1. The van der Waals surface area contributed by atoms with Gasteiger partial charge in [0.15, 0.2) is 0 Å². The molecule has 1 N–H and O–H groups in total. The van der Waals surface area contributed by atoms with E-state index in [4.69, 9.17) is 21.1 Å². The van der Waals surface area contributed by atoms with Crippen LogP contribution in [0.1, 0.15) is 15.9 Å². The summed E-state index contributed by atoms with van der Waals surface area (Å²) in [5, 5.41) is 2.78. The normalized spacial score (nSPS) is 10.4. The second-order valence-corrected chi connectivity index (χ2v) is 6.26. The first-order valence-corrected chi connectivity index (χ1v) is 8.66. The second-order valence-electron chi connectivity index (χ2n) is 5.82. The Bertz CT molecular complexity index is 990. The van der Waals surface area contributed by atoms with Crippen LogP contribution in [0, 0.1) is 11.6 Å². The number of anilines is 1. The summed E-state index contributed by atoms with van der Waals surface area (Å²) in [6, 6.07) is 14.9. The molecule has 0 saturated heterocycles. The summed E-state index contributed by atoms with van der Waals surface area (Å²) in [6.45, 7) is 0.110. The summed E-state index contributed by atoms with van der Waals surface area (Å²) < 4.78 is 38.5. The fraction of sp³-hybridized carbons (Fsp3) is 0.0952. The average molecular weight is 404 g/mol. The number of benzene rings is 3. The molecule has 0 saturated carbocycles. The van der Waals surface area contributed by atoms with Gasteiger partial charge in [0.05, 0.1) is 7.11 Å². The molecule has 0 aliphatic heterocycles. The number of halogens is 3. The summed E-state index contributed by atoms with van der Waals surface area (Å²) in [6.07, 6.45) is 0. The molecule has 0 radical (unpaired) electrons. The maximum absolute atomic E-state index is 13.8. The predicted octanol–water partition coefficient (Wildman–Crippen LogP) is 5.46. The van der Waals surface area contributed by atoms with E-state index in [1.165, 1.54) is 25.3 Å². The minimum absolute atomic E-state index is 0.110. The highest BCUT2D eigenvalue weighted by Gasteiger charge is 2.15. The molecule has 3 aromatic carbocycles. The maximum atomic E-state index is 13.8.